The first-order valence-corrected chi connectivity index (χ1v) is 12.9. The molecule has 4 aliphatic carbocycles. The van der Waals surface area contributed by atoms with Crippen molar-refractivity contribution in [3.8, 4) is 0 Å². The molecule has 0 saturated carbocycles. The fraction of sp³-hybridized carbons (Fsp3) is 0.733. The van der Waals surface area contributed by atoms with Crippen LogP contribution in [0, 0.1) is 29.6 Å². The minimum atomic E-state index is 0.764. The normalized spacial score (nSPS) is 34.0. The maximum Gasteiger partial charge on any atom is -0.0101 e. The van der Waals surface area contributed by atoms with Gasteiger partial charge in [-0.25, -0.2) is 0 Å². The highest BCUT2D eigenvalue weighted by Gasteiger charge is 2.30. The maximum absolute atomic E-state index is 4.16. The van der Waals surface area contributed by atoms with Crippen molar-refractivity contribution in [3.63, 3.8) is 0 Å². The standard InChI is InChI=1S/2C15H24/c2*1-10(2)13-7-5-11(3)14-8-6-12(4)15(14)9-13/h11-12H,5-9H2,1-4H3;11-13H,1,5-9H2,2-4H3/t11-,12-;11-,12-,13+/m00/s1. The monoisotopic (exact) mass is 408 g/mol. The molecule has 0 aliphatic heterocycles. The van der Waals surface area contributed by atoms with Gasteiger partial charge in [-0.05, 0) is 115 Å². The Kier molecular flexibility index (Phi) is 7.92. The van der Waals surface area contributed by atoms with Crippen LogP contribution in [0.2, 0.25) is 0 Å². The molecular formula is C30H48. The quantitative estimate of drug-likeness (QED) is 0.379. The van der Waals surface area contributed by atoms with Gasteiger partial charge in [0.1, 0.15) is 0 Å². The van der Waals surface area contributed by atoms with Crippen LogP contribution in [0.4, 0.5) is 0 Å². The van der Waals surface area contributed by atoms with Crippen molar-refractivity contribution in [3.05, 3.63) is 45.6 Å². The average Bonchev–Trinajstić information content (AvgIpc) is 3.11. The van der Waals surface area contributed by atoms with Crippen molar-refractivity contribution in [2.45, 2.75) is 113 Å². The molecule has 0 unspecified atom stereocenters. The molecule has 4 aliphatic rings. The summed E-state index contributed by atoms with van der Waals surface area (Å²) in [6, 6.07) is 0. The molecule has 168 valence electrons. The Labute approximate surface area is 188 Å². The lowest BCUT2D eigenvalue weighted by atomic mass is 9.88. The third-order valence-electron chi connectivity index (χ3n) is 9.00. The molecule has 0 aromatic rings. The molecule has 0 aromatic carbocycles. The van der Waals surface area contributed by atoms with Crippen molar-refractivity contribution in [2.75, 3.05) is 0 Å². The molecule has 5 atom stereocenters. The molecular weight excluding hydrogens is 360 g/mol. The van der Waals surface area contributed by atoms with Gasteiger partial charge in [-0.15, -0.1) is 0 Å². The third-order valence-corrected chi connectivity index (χ3v) is 9.00. The maximum atomic E-state index is 4.16. The summed E-state index contributed by atoms with van der Waals surface area (Å²) >= 11 is 0. The SMILES string of the molecule is C=C(C)[C@@H]1CC[C@H](C)C2=C(C1)[C@@H](C)CC2.CC(C)=C1CC[C@H](C)C2=C(C1)[C@@H](C)CC2. The zero-order valence-electron chi connectivity index (χ0n) is 21.2. The minimum Gasteiger partial charge on any atom is -0.0998 e. The Morgan fingerprint density at radius 1 is 0.633 bits per heavy atom. The second kappa shape index (κ2) is 10.1. The topological polar surface area (TPSA) is 0 Å². The second-order valence-corrected chi connectivity index (χ2v) is 11.4. The number of hydrogen-bond donors (Lipinski definition) is 0. The van der Waals surface area contributed by atoms with Crippen molar-refractivity contribution < 1.29 is 0 Å². The van der Waals surface area contributed by atoms with Crippen LogP contribution in [-0.4, -0.2) is 0 Å². The molecule has 0 nitrogen and oxygen atoms in total. The van der Waals surface area contributed by atoms with Gasteiger partial charge in [-0.3, -0.25) is 0 Å². The van der Waals surface area contributed by atoms with Crippen LogP contribution in [0.15, 0.2) is 45.6 Å². The Bertz CT molecular complexity index is 736. The Morgan fingerprint density at radius 3 is 1.73 bits per heavy atom. The van der Waals surface area contributed by atoms with Gasteiger partial charge in [0.15, 0.2) is 0 Å². The highest BCUT2D eigenvalue weighted by molar-refractivity contribution is 5.32. The van der Waals surface area contributed by atoms with Gasteiger partial charge < -0.3 is 0 Å². The summed E-state index contributed by atoms with van der Waals surface area (Å²) in [6.07, 6.45) is 13.6. The predicted octanol–water partition coefficient (Wildman–Crippen LogP) is 9.59. The zero-order chi connectivity index (χ0) is 22.0. The van der Waals surface area contributed by atoms with Crippen LogP contribution in [0.25, 0.3) is 0 Å². The summed E-state index contributed by atoms with van der Waals surface area (Å²) in [5.41, 5.74) is 11.9. The Balaban J connectivity index is 0.000000171. The number of rotatable bonds is 1. The van der Waals surface area contributed by atoms with E-state index >= 15 is 0 Å². The van der Waals surface area contributed by atoms with Crippen molar-refractivity contribution in [2.24, 2.45) is 29.6 Å². The van der Waals surface area contributed by atoms with Crippen molar-refractivity contribution in [1.82, 2.24) is 0 Å². The average molecular weight is 409 g/mol. The smallest absolute Gasteiger partial charge is 0.0101 e. The van der Waals surface area contributed by atoms with E-state index in [1.807, 2.05) is 11.1 Å². The molecule has 0 amide bonds. The van der Waals surface area contributed by atoms with E-state index in [2.05, 4.69) is 55.0 Å². The van der Waals surface area contributed by atoms with E-state index in [9.17, 15) is 0 Å². The third kappa shape index (κ3) is 5.23. The minimum absolute atomic E-state index is 0.764. The molecule has 30 heavy (non-hydrogen) atoms. The van der Waals surface area contributed by atoms with Crippen molar-refractivity contribution in [1.29, 1.82) is 0 Å². The lowest BCUT2D eigenvalue weighted by Crippen LogP contribution is -2.04. The van der Waals surface area contributed by atoms with Crippen LogP contribution in [-0.2, 0) is 0 Å². The van der Waals surface area contributed by atoms with E-state index in [-0.39, 0.29) is 0 Å². The summed E-state index contributed by atoms with van der Waals surface area (Å²) in [7, 11) is 0. The van der Waals surface area contributed by atoms with Crippen LogP contribution in [0.3, 0.4) is 0 Å². The largest absolute Gasteiger partial charge is 0.0998 e. The second-order valence-electron chi connectivity index (χ2n) is 11.4. The van der Waals surface area contributed by atoms with Gasteiger partial charge in [0.25, 0.3) is 0 Å². The molecule has 0 saturated heterocycles. The summed E-state index contributed by atoms with van der Waals surface area (Å²) in [6.45, 7) is 20.6. The Morgan fingerprint density at radius 2 is 1.13 bits per heavy atom. The van der Waals surface area contributed by atoms with E-state index in [0.29, 0.717) is 0 Å². The van der Waals surface area contributed by atoms with Crippen molar-refractivity contribution >= 4 is 0 Å². The fourth-order valence-electron chi connectivity index (χ4n) is 6.52. The first kappa shape index (κ1) is 23.6. The van der Waals surface area contributed by atoms with Gasteiger partial charge in [0, 0.05) is 0 Å². The fourth-order valence-corrected chi connectivity index (χ4v) is 6.52. The van der Waals surface area contributed by atoms with E-state index in [1.54, 1.807) is 22.3 Å². The summed E-state index contributed by atoms with van der Waals surface area (Å²) < 4.78 is 0. The van der Waals surface area contributed by atoms with Crippen LogP contribution < -0.4 is 0 Å². The number of allylic oxidation sites excluding steroid dienone is 7. The summed E-state index contributed by atoms with van der Waals surface area (Å²) in [5.74, 6) is 4.16. The van der Waals surface area contributed by atoms with E-state index < -0.39 is 0 Å². The first-order chi connectivity index (χ1) is 14.2. The zero-order valence-corrected chi connectivity index (χ0v) is 21.2. The molecule has 0 bridgehead atoms. The van der Waals surface area contributed by atoms with Gasteiger partial charge >= 0.3 is 0 Å². The molecule has 0 heteroatoms. The Hall–Kier alpha value is -1.04. The highest BCUT2D eigenvalue weighted by atomic mass is 14.4. The predicted molar refractivity (Wildman–Crippen MR) is 134 cm³/mol. The lowest BCUT2D eigenvalue weighted by molar-refractivity contribution is 0.476. The van der Waals surface area contributed by atoms with Crippen LogP contribution in [0.1, 0.15) is 113 Å². The van der Waals surface area contributed by atoms with Gasteiger partial charge in [0.2, 0.25) is 0 Å². The first-order valence-electron chi connectivity index (χ1n) is 12.9. The molecule has 0 heterocycles. The summed E-state index contributed by atoms with van der Waals surface area (Å²) in [5, 5.41) is 0. The molecule has 4 rings (SSSR count). The molecule has 0 aromatic heterocycles. The number of hydrogen-bond acceptors (Lipinski definition) is 0. The van der Waals surface area contributed by atoms with Gasteiger partial charge in [-0.2, -0.15) is 0 Å². The molecule has 0 spiro atoms. The van der Waals surface area contributed by atoms with E-state index in [4.69, 9.17) is 0 Å². The van der Waals surface area contributed by atoms with E-state index in [1.165, 1.54) is 69.8 Å². The van der Waals surface area contributed by atoms with Gasteiger partial charge in [-0.1, -0.05) is 73.3 Å². The molecule has 0 N–H and O–H groups in total. The van der Waals surface area contributed by atoms with Gasteiger partial charge in [0.05, 0.1) is 0 Å². The van der Waals surface area contributed by atoms with Crippen LogP contribution in [0.5, 0.6) is 0 Å². The molecule has 0 radical (unpaired) electrons. The van der Waals surface area contributed by atoms with Crippen LogP contribution >= 0.6 is 0 Å². The lowest BCUT2D eigenvalue weighted by Gasteiger charge is -2.18. The summed E-state index contributed by atoms with van der Waals surface area (Å²) in [4.78, 5) is 0. The van der Waals surface area contributed by atoms with E-state index in [0.717, 1.165) is 29.6 Å². The highest BCUT2D eigenvalue weighted by Crippen LogP contribution is 2.45. The molecule has 0 fully saturated rings.